The van der Waals surface area contributed by atoms with Crippen molar-refractivity contribution in [1.29, 1.82) is 0 Å². The second kappa shape index (κ2) is 5.20. The summed E-state index contributed by atoms with van der Waals surface area (Å²) in [6, 6.07) is 6.88. The van der Waals surface area contributed by atoms with Crippen molar-refractivity contribution in [3.8, 4) is 0 Å². The van der Waals surface area contributed by atoms with Gasteiger partial charge in [0.15, 0.2) is 0 Å². The van der Waals surface area contributed by atoms with Crippen molar-refractivity contribution in [1.82, 2.24) is 0 Å². The first kappa shape index (κ1) is 12.1. The fraction of sp³-hybridized carbons (Fsp3) is 0.571. The van der Waals surface area contributed by atoms with Crippen LogP contribution in [0.15, 0.2) is 18.2 Å². The van der Waals surface area contributed by atoms with Gasteiger partial charge in [-0.1, -0.05) is 39.8 Å². The molecule has 0 spiro atoms. The molecule has 1 aromatic carbocycles. The van der Waals surface area contributed by atoms with Crippen LogP contribution in [-0.4, -0.2) is 13.6 Å². The molecule has 84 valence electrons. The quantitative estimate of drug-likeness (QED) is 0.673. The van der Waals surface area contributed by atoms with E-state index < -0.39 is 0 Å². The van der Waals surface area contributed by atoms with Crippen LogP contribution in [-0.2, 0) is 6.42 Å². The van der Waals surface area contributed by atoms with Gasteiger partial charge in [0.2, 0.25) is 0 Å². The van der Waals surface area contributed by atoms with E-state index in [9.17, 15) is 0 Å². The number of rotatable bonds is 1. The molecule has 0 N–H and O–H groups in total. The van der Waals surface area contributed by atoms with Crippen LogP contribution in [0.3, 0.4) is 0 Å². The van der Waals surface area contributed by atoms with Crippen molar-refractivity contribution in [2.24, 2.45) is 0 Å². The van der Waals surface area contributed by atoms with E-state index in [4.69, 9.17) is 0 Å². The minimum Gasteiger partial charge on any atom is -0.374 e. The lowest BCUT2D eigenvalue weighted by molar-refractivity contribution is 0.864. The molecule has 1 aromatic rings. The van der Waals surface area contributed by atoms with Crippen molar-refractivity contribution in [2.45, 2.75) is 40.0 Å². The zero-order valence-corrected chi connectivity index (χ0v) is 10.7. The minimum absolute atomic E-state index is 0.649. The first-order chi connectivity index (χ1) is 7.18. The molecule has 15 heavy (non-hydrogen) atoms. The maximum absolute atomic E-state index is 2.36. The third-order valence-corrected chi connectivity index (χ3v) is 2.90. The van der Waals surface area contributed by atoms with Crippen LogP contribution in [0.1, 0.15) is 44.7 Å². The van der Waals surface area contributed by atoms with Crippen LogP contribution in [0.4, 0.5) is 5.69 Å². The smallest absolute Gasteiger partial charge is 0.0397 e. The third-order valence-electron chi connectivity index (χ3n) is 2.90. The Morgan fingerprint density at radius 1 is 1.20 bits per heavy atom. The van der Waals surface area contributed by atoms with Gasteiger partial charge in [-0.15, -0.1) is 0 Å². The molecular formula is C14H23N. The van der Waals surface area contributed by atoms with Crippen LogP contribution in [0, 0.1) is 0 Å². The van der Waals surface area contributed by atoms with Gasteiger partial charge in [-0.05, 0) is 29.5 Å². The molecule has 2 rings (SSSR count). The van der Waals surface area contributed by atoms with Crippen molar-refractivity contribution in [2.75, 3.05) is 18.5 Å². The fourth-order valence-electron chi connectivity index (χ4n) is 1.95. The van der Waals surface area contributed by atoms with E-state index in [1.54, 1.807) is 0 Å². The second-order valence-electron chi connectivity index (χ2n) is 4.21. The number of hydrogen-bond acceptors (Lipinski definition) is 1. The van der Waals surface area contributed by atoms with E-state index in [0.717, 1.165) is 0 Å². The van der Waals surface area contributed by atoms with Crippen LogP contribution in [0.2, 0.25) is 0 Å². The van der Waals surface area contributed by atoms with Crippen LogP contribution in [0.5, 0.6) is 0 Å². The number of anilines is 1. The molecule has 1 heterocycles. The SMILES string of the molecule is CC.CC(C)c1ccc2c(c1)CCN2C. The zero-order chi connectivity index (χ0) is 11.4. The summed E-state index contributed by atoms with van der Waals surface area (Å²) >= 11 is 0. The van der Waals surface area contributed by atoms with E-state index in [2.05, 4.69) is 44.0 Å². The predicted molar refractivity (Wildman–Crippen MR) is 68.9 cm³/mol. The maximum atomic E-state index is 2.36. The summed E-state index contributed by atoms with van der Waals surface area (Å²) in [5.74, 6) is 0.649. The van der Waals surface area contributed by atoms with Gasteiger partial charge in [-0.25, -0.2) is 0 Å². The molecule has 0 amide bonds. The Kier molecular flexibility index (Phi) is 4.19. The Balaban J connectivity index is 0.000000531. The highest BCUT2D eigenvalue weighted by atomic mass is 15.1. The molecule has 1 heteroatoms. The van der Waals surface area contributed by atoms with Crippen LogP contribution >= 0.6 is 0 Å². The molecule has 0 radical (unpaired) electrons. The fourth-order valence-corrected chi connectivity index (χ4v) is 1.95. The Labute approximate surface area is 94.1 Å². The molecule has 1 aliphatic rings. The normalized spacial score (nSPS) is 13.6. The molecular weight excluding hydrogens is 182 g/mol. The first-order valence-corrected chi connectivity index (χ1v) is 6.02. The molecule has 0 atom stereocenters. The van der Waals surface area contributed by atoms with Crippen molar-refractivity contribution in [3.63, 3.8) is 0 Å². The zero-order valence-electron chi connectivity index (χ0n) is 10.7. The average Bonchev–Trinajstić information content (AvgIpc) is 2.63. The van der Waals surface area contributed by atoms with Gasteiger partial charge in [-0.2, -0.15) is 0 Å². The van der Waals surface area contributed by atoms with Crippen LogP contribution < -0.4 is 4.90 Å². The summed E-state index contributed by atoms with van der Waals surface area (Å²) in [5.41, 5.74) is 4.41. The summed E-state index contributed by atoms with van der Waals surface area (Å²) in [6.45, 7) is 9.68. The molecule has 0 bridgehead atoms. The Morgan fingerprint density at radius 3 is 2.47 bits per heavy atom. The Hall–Kier alpha value is -0.980. The van der Waals surface area contributed by atoms with Gasteiger partial charge in [0.05, 0.1) is 0 Å². The van der Waals surface area contributed by atoms with Gasteiger partial charge in [0.25, 0.3) is 0 Å². The Bertz CT molecular complexity index is 315. The topological polar surface area (TPSA) is 3.24 Å². The molecule has 0 fully saturated rings. The molecule has 0 saturated carbocycles. The van der Waals surface area contributed by atoms with Gasteiger partial charge >= 0.3 is 0 Å². The molecule has 0 aliphatic carbocycles. The minimum atomic E-state index is 0.649. The van der Waals surface area contributed by atoms with Gasteiger partial charge in [0.1, 0.15) is 0 Å². The summed E-state index contributed by atoms with van der Waals surface area (Å²) < 4.78 is 0. The van der Waals surface area contributed by atoms with E-state index in [-0.39, 0.29) is 0 Å². The van der Waals surface area contributed by atoms with Gasteiger partial charge in [0, 0.05) is 19.3 Å². The summed E-state index contributed by atoms with van der Waals surface area (Å²) in [7, 11) is 2.17. The summed E-state index contributed by atoms with van der Waals surface area (Å²) in [4.78, 5) is 2.33. The molecule has 1 aliphatic heterocycles. The number of fused-ring (bicyclic) bond motifs is 1. The monoisotopic (exact) mass is 205 g/mol. The number of nitrogens with zero attached hydrogens (tertiary/aromatic N) is 1. The van der Waals surface area contributed by atoms with Crippen molar-refractivity contribution < 1.29 is 0 Å². The molecule has 1 nitrogen and oxygen atoms in total. The van der Waals surface area contributed by atoms with Crippen molar-refractivity contribution in [3.05, 3.63) is 29.3 Å². The van der Waals surface area contributed by atoms with Crippen LogP contribution in [0.25, 0.3) is 0 Å². The number of likely N-dealkylation sites (N-methyl/N-ethyl adjacent to an activating group) is 1. The standard InChI is InChI=1S/C12H17N.C2H6/c1-9(2)10-4-5-12-11(8-10)6-7-13(12)3;1-2/h4-5,8-9H,6-7H2,1-3H3;1-2H3. The van der Waals surface area contributed by atoms with E-state index in [0.29, 0.717) is 5.92 Å². The van der Waals surface area contributed by atoms with Gasteiger partial charge in [-0.3, -0.25) is 0 Å². The second-order valence-corrected chi connectivity index (χ2v) is 4.21. The van der Waals surface area contributed by atoms with E-state index in [1.807, 2.05) is 13.8 Å². The average molecular weight is 205 g/mol. The highest BCUT2D eigenvalue weighted by molar-refractivity contribution is 5.58. The molecule has 0 unspecified atom stereocenters. The van der Waals surface area contributed by atoms with Gasteiger partial charge < -0.3 is 4.90 Å². The first-order valence-electron chi connectivity index (χ1n) is 6.02. The largest absolute Gasteiger partial charge is 0.374 e. The lowest BCUT2D eigenvalue weighted by Crippen LogP contribution is -2.12. The summed E-state index contributed by atoms with van der Waals surface area (Å²) in [6.07, 6.45) is 1.21. The predicted octanol–water partition coefficient (Wildman–Crippen LogP) is 3.83. The molecule has 0 saturated heterocycles. The number of hydrogen-bond donors (Lipinski definition) is 0. The third kappa shape index (κ3) is 2.53. The van der Waals surface area contributed by atoms with E-state index >= 15 is 0 Å². The maximum Gasteiger partial charge on any atom is 0.0397 e. The molecule has 0 aromatic heterocycles. The number of benzene rings is 1. The highest BCUT2D eigenvalue weighted by Crippen LogP contribution is 2.29. The lowest BCUT2D eigenvalue weighted by Gasteiger charge is -2.13. The lowest BCUT2D eigenvalue weighted by atomic mass is 10.00. The Morgan fingerprint density at radius 2 is 1.87 bits per heavy atom. The summed E-state index contributed by atoms with van der Waals surface area (Å²) in [5, 5.41) is 0. The van der Waals surface area contributed by atoms with E-state index in [1.165, 1.54) is 29.8 Å². The van der Waals surface area contributed by atoms with Crippen molar-refractivity contribution >= 4 is 5.69 Å². The highest BCUT2D eigenvalue weighted by Gasteiger charge is 2.15.